The smallest absolute Gasteiger partial charge is 0.323 e. The van der Waals surface area contributed by atoms with Crippen molar-refractivity contribution in [3.8, 4) is 16.9 Å². The molecule has 7 heteroatoms. The molecule has 2 heterocycles. The SMILES string of the molecule is O=c1[nH]c2cccc(-c3ccc4ccc(OCCC5CCS(=O)(=O)C5)cc4c3)c2[nH]1. The molecule has 0 radical (unpaired) electrons. The van der Waals surface area contributed by atoms with Crippen molar-refractivity contribution in [2.75, 3.05) is 18.1 Å². The highest BCUT2D eigenvalue weighted by atomic mass is 32.2. The van der Waals surface area contributed by atoms with Crippen LogP contribution >= 0.6 is 0 Å². The Morgan fingerprint density at radius 3 is 2.70 bits per heavy atom. The van der Waals surface area contributed by atoms with Gasteiger partial charge in [-0.1, -0.05) is 30.3 Å². The monoisotopic (exact) mass is 422 g/mol. The number of hydrogen-bond acceptors (Lipinski definition) is 4. The topological polar surface area (TPSA) is 92.0 Å². The summed E-state index contributed by atoms with van der Waals surface area (Å²) in [7, 11) is -2.84. The summed E-state index contributed by atoms with van der Waals surface area (Å²) in [5.41, 5.74) is 3.33. The van der Waals surface area contributed by atoms with E-state index in [2.05, 4.69) is 22.1 Å². The van der Waals surface area contributed by atoms with Crippen molar-refractivity contribution < 1.29 is 13.2 Å². The van der Waals surface area contributed by atoms with Gasteiger partial charge in [0.2, 0.25) is 0 Å². The van der Waals surface area contributed by atoms with Gasteiger partial charge >= 0.3 is 5.69 Å². The number of ether oxygens (including phenoxy) is 1. The van der Waals surface area contributed by atoms with Crippen molar-refractivity contribution >= 4 is 31.6 Å². The molecule has 0 saturated carbocycles. The first-order valence-corrected chi connectivity index (χ1v) is 11.9. The van der Waals surface area contributed by atoms with Crippen LogP contribution in [0.15, 0.2) is 59.4 Å². The minimum absolute atomic E-state index is 0.200. The molecule has 1 fully saturated rings. The van der Waals surface area contributed by atoms with Crippen LogP contribution in [0.25, 0.3) is 32.9 Å². The minimum Gasteiger partial charge on any atom is -0.494 e. The van der Waals surface area contributed by atoms with Gasteiger partial charge in [-0.05, 0) is 59.4 Å². The fraction of sp³-hybridized carbons (Fsp3) is 0.261. The van der Waals surface area contributed by atoms with Crippen LogP contribution in [0, 0.1) is 5.92 Å². The highest BCUT2D eigenvalue weighted by Gasteiger charge is 2.27. The molecule has 6 nitrogen and oxygen atoms in total. The number of H-pyrrole nitrogens is 2. The molecule has 1 atom stereocenters. The number of fused-ring (bicyclic) bond motifs is 2. The predicted molar refractivity (Wildman–Crippen MR) is 119 cm³/mol. The zero-order valence-electron chi connectivity index (χ0n) is 16.4. The first-order chi connectivity index (χ1) is 14.5. The molecule has 154 valence electrons. The summed E-state index contributed by atoms with van der Waals surface area (Å²) in [6, 6.07) is 17.9. The van der Waals surface area contributed by atoms with E-state index in [0.29, 0.717) is 12.4 Å². The second-order valence-corrected chi connectivity index (χ2v) is 10.2. The Bertz CT molecular complexity index is 1400. The van der Waals surface area contributed by atoms with E-state index in [9.17, 15) is 13.2 Å². The molecule has 1 saturated heterocycles. The summed E-state index contributed by atoms with van der Waals surface area (Å²) in [5, 5.41) is 2.14. The Labute approximate surface area is 173 Å². The number of imidazole rings is 1. The third-order valence-electron chi connectivity index (χ3n) is 5.80. The molecule has 1 aliphatic rings. The molecule has 0 aliphatic carbocycles. The van der Waals surface area contributed by atoms with Crippen molar-refractivity contribution in [3.63, 3.8) is 0 Å². The highest BCUT2D eigenvalue weighted by molar-refractivity contribution is 7.91. The molecule has 3 aromatic carbocycles. The molecular weight excluding hydrogens is 400 g/mol. The van der Waals surface area contributed by atoms with Gasteiger partial charge in [-0.3, -0.25) is 0 Å². The normalized spacial score (nSPS) is 18.2. The quantitative estimate of drug-likeness (QED) is 0.511. The molecule has 4 aromatic rings. The van der Waals surface area contributed by atoms with E-state index in [-0.39, 0.29) is 17.4 Å². The van der Waals surface area contributed by atoms with Crippen molar-refractivity contribution in [2.24, 2.45) is 5.92 Å². The van der Waals surface area contributed by atoms with E-state index in [1.54, 1.807) is 0 Å². The van der Waals surface area contributed by atoms with Crippen LogP contribution in [0.4, 0.5) is 0 Å². The summed E-state index contributed by atoms with van der Waals surface area (Å²) < 4.78 is 29.1. The minimum atomic E-state index is -2.84. The first kappa shape index (κ1) is 18.9. The lowest BCUT2D eigenvalue weighted by Crippen LogP contribution is -2.09. The number of aromatic nitrogens is 2. The molecule has 2 N–H and O–H groups in total. The summed E-state index contributed by atoms with van der Waals surface area (Å²) in [6.07, 6.45) is 1.49. The number of nitrogens with one attached hydrogen (secondary N) is 2. The number of sulfone groups is 1. The maximum atomic E-state index is 11.7. The van der Waals surface area contributed by atoms with Gasteiger partial charge in [-0.25, -0.2) is 13.2 Å². The zero-order chi connectivity index (χ0) is 20.7. The third-order valence-corrected chi connectivity index (χ3v) is 7.63. The maximum Gasteiger partial charge on any atom is 0.323 e. The van der Waals surface area contributed by atoms with E-state index >= 15 is 0 Å². The molecular formula is C23H22N2O4S. The fourth-order valence-corrected chi connectivity index (χ4v) is 6.13. The Kier molecular flexibility index (Phi) is 4.62. The largest absolute Gasteiger partial charge is 0.494 e. The number of benzene rings is 3. The van der Waals surface area contributed by atoms with Crippen LogP contribution in [0.5, 0.6) is 5.75 Å². The Balaban J connectivity index is 1.38. The van der Waals surface area contributed by atoms with Crippen molar-refractivity contribution in [1.29, 1.82) is 0 Å². The zero-order valence-corrected chi connectivity index (χ0v) is 17.2. The molecule has 0 amide bonds. The number of hydrogen-bond donors (Lipinski definition) is 2. The summed E-state index contributed by atoms with van der Waals surface area (Å²) in [5.74, 6) is 1.56. The average Bonchev–Trinajstić information content (AvgIpc) is 3.27. The molecule has 5 rings (SSSR count). The summed E-state index contributed by atoms with van der Waals surface area (Å²) in [6.45, 7) is 0.509. The second kappa shape index (κ2) is 7.32. The lowest BCUT2D eigenvalue weighted by Gasteiger charge is -2.11. The summed E-state index contributed by atoms with van der Waals surface area (Å²) in [4.78, 5) is 17.4. The summed E-state index contributed by atoms with van der Waals surface area (Å²) >= 11 is 0. The maximum absolute atomic E-state index is 11.7. The molecule has 1 unspecified atom stereocenters. The number of rotatable bonds is 5. The van der Waals surface area contributed by atoms with Gasteiger partial charge in [0.25, 0.3) is 0 Å². The molecule has 0 spiro atoms. The van der Waals surface area contributed by atoms with Gasteiger partial charge in [-0.2, -0.15) is 0 Å². The lowest BCUT2D eigenvalue weighted by molar-refractivity contribution is 0.286. The Hall–Kier alpha value is -3.06. The van der Waals surface area contributed by atoms with Gasteiger partial charge in [0, 0.05) is 5.56 Å². The van der Waals surface area contributed by atoms with Crippen LogP contribution in [-0.2, 0) is 9.84 Å². The van der Waals surface area contributed by atoms with E-state index < -0.39 is 9.84 Å². The van der Waals surface area contributed by atoms with Crippen LogP contribution in [0.1, 0.15) is 12.8 Å². The average molecular weight is 423 g/mol. The molecule has 30 heavy (non-hydrogen) atoms. The second-order valence-electron chi connectivity index (χ2n) is 7.94. The van der Waals surface area contributed by atoms with Gasteiger partial charge in [0.05, 0.1) is 29.1 Å². The third kappa shape index (κ3) is 3.73. The van der Waals surface area contributed by atoms with E-state index in [1.807, 2.05) is 42.5 Å². The Morgan fingerprint density at radius 2 is 1.87 bits per heavy atom. The predicted octanol–water partition coefficient (Wildman–Crippen LogP) is 3.88. The fourth-order valence-electron chi connectivity index (χ4n) is 4.22. The number of para-hydroxylation sites is 1. The van der Waals surface area contributed by atoms with Gasteiger partial charge in [0.1, 0.15) is 5.75 Å². The number of aromatic amines is 2. The Morgan fingerprint density at radius 1 is 1.00 bits per heavy atom. The van der Waals surface area contributed by atoms with E-state index in [1.165, 1.54) is 0 Å². The van der Waals surface area contributed by atoms with Crippen molar-refractivity contribution in [1.82, 2.24) is 9.97 Å². The van der Waals surface area contributed by atoms with Gasteiger partial charge < -0.3 is 14.7 Å². The van der Waals surface area contributed by atoms with Crippen LogP contribution < -0.4 is 10.4 Å². The standard InChI is InChI=1S/C23H22N2O4S/c26-23-24-21-3-1-2-20(22(21)25-23)17-5-4-16-6-7-19(13-18(16)12-17)29-10-8-15-9-11-30(27,28)14-15/h1-7,12-13,15H,8-11,14H2,(H2,24,25,26). The lowest BCUT2D eigenvalue weighted by atomic mass is 10.00. The van der Waals surface area contributed by atoms with Crippen LogP contribution in [0.2, 0.25) is 0 Å². The first-order valence-electron chi connectivity index (χ1n) is 10.1. The van der Waals surface area contributed by atoms with Gasteiger partial charge in [0.15, 0.2) is 9.84 Å². The van der Waals surface area contributed by atoms with Crippen molar-refractivity contribution in [3.05, 3.63) is 65.1 Å². The molecule has 0 bridgehead atoms. The van der Waals surface area contributed by atoms with E-state index in [0.717, 1.165) is 51.5 Å². The molecule has 1 aliphatic heterocycles. The molecule has 1 aromatic heterocycles. The highest BCUT2D eigenvalue weighted by Crippen LogP contribution is 2.30. The van der Waals surface area contributed by atoms with Crippen LogP contribution in [-0.4, -0.2) is 36.5 Å². The van der Waals surface area contributed by atoms with Crippen molar-refractivity contribution in [2.45, 2.75) is 12.8 Å². The van der Waals surface area contributed by atoms with Gasteiger partial charge in [-0.15, -0.1) is 0 Å². The van der Waals surface area contributed by atoms with E-state index in [4.69, 9.17) is 4.74 Å². The van der Waals surface area contributed by atoms with Crippen LogP contribution in [0.3, 0.4) is 0 Å².